The minimum Gasteiger partial charge on any atom is -0.423 e. The summed E-state index contributed by atoms with van der Waals surface area (Å²) in [5.41, 5.74) is 17.8. The largest absolute Gasteiger partial charge is 0.491 e. The van der Waals surface area contributed by atoms with E-state index in [4.69, 9.17) is 21.9 Å². The van der Waals surface area contributed by atoms with Gasteiger partial charge in [-0.15, -0.1) is 0 Å². The topological polar surface area (TPSA) is 186 Å². The molecular formula is C29H40BF3N6O5. The molecule has 0 fully saturated rings. The number of rotatable bonds is 14. The van der Waals surface area contributed by atoms with Crippen molar-refractivity contribution < 1.29 is 37.2 Å². The molecule has 2 aromatic carbocycles. The van der Waals surface area contributed by atoms with Crippen LogP contribution in [0.4, 0.5) is 13.2 Å². The Morgan fingerprint density at radius 3 is 2.23 bits per heavy atom. The molecule has 1 aliphatic rings. The number of halogens is 3. The Morgan fingerprint density at radius 2 is 1.64 bits per heavy atom. The molecule has 1 heterocycles. The Balaban J connectivity index is 1.76. The minimum atomic E-state index is -4.53. The van der Waals surface area contributed by atoms with Crippen molar-refractivity contribution in [1.29, 1.82) is 0 Å². The van der Waals surface area contributed by atoms with Gasteiger partial charge in [-0.05, 0) is 54.6 Å². The van der Waals surface area contributed by atoms with Crippen LogP contribution in [0.5, 0.6) is 0 Å². The van der Waals surface area contributed by atoms with Gasteiger partial charge < -0.3 is 42.4 Å². The van der Waals surface area contributed by atoms with Gasteiger partial charge in [0.1, 0.15) is 6.04 Å². The number of alkyl halides is 3. The van der Waals surface area contributed by atoms with E-state index in [1.807, 2.05) is 0 Å². The van der Waals surface area contributed by atoms with Crippen molar-refractivity contribution in [3.8, 4) is 0 Å². The third-order valence-corrected chi connectivity index (χ3v) is 7.48. The maximum atomic E-state index is 13.6. The normalized spacial score (nSPS) is 14.5. The summed E-state index contributed by atoms with van der Waals surface area (Å²) in [6.45, 7) is 4.83. The minimum absolute atomic E-state index is 0.0179. The highest BCUT2D eigenvalue weighted by atomic mass is 19.4. The molecule has 0 saturated heterocycles. The number of hydrogen-bond acceptors (Lipinski definition) is 8. The number of carbonyl (C=O) groups excluding carboxylic acids is 3. The van der Waals surface area contributed by atoms with Crippen molar-refractivity contribution >= 4 is 30.3 Å². The van der Waals surface area contributed by atoms with Crippen LogP contribution >= 0.6 is 0 Å². The molecule has 0 radical (unpaired) electrons. The van der Waals surface area contributed by atoms with E-state index >= 15 is 0 Å². The van der Waals surface area contributed by atoms with Gasteiger partial charge in [-0.2, -0.15) is 13.2 Å². The summed E-state index contributed by atoms with van der Waals surface area (Å²) in [5, 5.41) is 15.6. The maximum Gasteiger partial charge on any atom is 0.491 e. The number of hydrogen-bond donors (Lipinski definition) is 6. The van der Waals surface area contributed by atoms with Crippen molar-refractivity contribution in [3.05, 3.63) is 64.7 Å². The van der Waals surface area contributed by atoms with E-state index in [1.165, 1.54) is 17.0 Å². The zero-order chi connectivity index (χ0) is 32.7. The molecule has 3 amide bonds. The lowest BCUT2D eigenvalue weighted by atomic mass is 9.77. The molecule has 3 rings (SSSR count). The Hall–Kier alpha value is -3.50. The summed E-state index contributed by atoms with van der Waals surface area (Å²) in [6, 6.07) is 7.23. The summed E-state index contributed by atoms with van der Waals surface area (Å²) in [7, 11) is -1.09. The Bertz CT molecular complexity index is 1310. The number of carbonyl (C=O) groups is 3. The van der Waals surface area contributed by atoms with Gasteiger partial charge in [0.25, 0.3) is 0 Å². The van der Waals surface area contributed by atoms with Crippen LogP contribution in [0.15, 0.2) is 42.5 Å². The van der Waals surface area contributed by atoms with Crippen LogP contribution < -0.4 is 33.3 Å². The molecule has 0 saturated carbocycles. The molecule has 2 aromatic rings. The predicted molar refractivity (Wildman–Crippen MR) is 159 cm³/mol. The summed E-state index contributed by atoms with van der Waals surface area (Å²) in [4.78, 5) is 40.8. The highest BCUT2D eigenvalue weighted by Crippen LogP contribution is 2.29. The fourth-order valence-electron chi connectivity index (χ4n) is 4.87. The van der Waals surface area contributed by atoms with Crippen LogP contribution in [0.25, 0.3) is 0 Å². The summed E-state index contributed by atoms with van der Waals surface area (Å²) < 4.78 is 44.5. The highest BCUT2D eigenvalue weighted by molar-refractivity contribution is 6.61. The third kappa shape index (κ3) is 9.25. The van der Waals surface area contributed by atoms with Gasteiger partial charge in [0, 0.05) is 39.0 Å². The molecular weight excluding hydrogens is 580 g/mol. The number of nitrogens with two attached hydrogens (primary N) is 3. The van der Waals surface area contributed by atoms with Crippen molar-refractivity contribution in [2.24, 2.45) is 17.2 Å². The van der Waals surface area contributed by atoms with Crippen LogP contribution in [0.3, 0.4) is 0 Å². The van der Waals surface area contributed by atoms with Gasteiger partial charge in [0.05, 0.1) is 23.8 Å². The monoisotopic (exact) mass is 620 g/mol. The molecule has 1 aliphatic heterocycles. The van der Waals surface area contributed by atoms with E-state index in [1.54, 1.807) is 32.0 Å². The van der Waals surface area contributed by atoms with Crippen molar-refractivity contribution in [1.82, 2.24) is 15.5 Å². The smallest absolute Gasteiger partial charge is 0.423 e. The zero-order valence-electron chi connectivity index (χ0n) is 24.8. The fourth-order valence-corrected chi connectivity index (χ4v) is 4.87. The Labute approximate surface area is 254 Å². The molecule has 0 aliphatic carbocycles. The molecule has 0 spiro atoms. The van der Waals surface area contributed by atoms with E-state index in [-0.39, 0.29) is 44.9 Å². The number of nitrogens with one attached hydrogen (secondary N) is 2. The average molecular weight is 620 g/mol. The standard InChI is InChI=1S/C29H40BF3N6O5/c1-28(2,21-8-5-19-17-44-30(43)22(19)16-21)38-27(42)24(15-18-3-6-20(7-4-18)29(31,32)33)37-26(41)23(36)9-10-25(40)39(13-11-34)14-12-35/h3-8,16,23-24,43H,9-15,17,34-36H2,1-2H3,(H,37,41)(H,38,42). The number of benzene rings is 2. The second-order valence-electron chi connectivity index (χ2n) is 11.3. The molecule has 240 valence electrons. The number of nitrogens with zero attached hydrogens (tertiary/aromatic N) is 1. The SMILES string of the molecule is CC(C)(NC(=O)C(Cc1ccc(C(F)(F)F)cc1)NC(=O)C(N)CCC(=O)N(CCN)CCN)c1ccc2c(c1)B(O)OC2. The van der Waals surface area contributed by atoms with E-state index in [9.17, 15) is 32.6 Å². The molecule has 0 aromatic heterocycles. The van der Waals surface area contributed by atoms with Gasteiger partial charge in [-0.1, -0.05) is 30.3 Å². The Kier molecular flexibility index (Phi) is 11.9. The van der Waals surface area contributed by atoms with E-state index < -0.39 is 48.3 Å². The fraction of sp³-hybridized carbons (Fsp3) is 0.483. The van der Waals surface area contributed by atoms with Crippen LogP contribution in [-0.2, 0) is 43.8 Å². The molecule has 11 nitrogen and oxygen atoms in total. The van der Waals surface area contributed by atoms with Crippen molar-refractivity contribution in [3.63, 3.8) is 0 Å². The first kappa shape index (κ1) is 35.0. The average Bonchev–Trinajstić information content (AvgIpc) is 3.34. The summed E-state index contributed by atoms with van der Waals surface area (Å²) in [5.74, 6) is -1.58. The molecule has 9 N–H and O–H groups in total. The van der Waals surface area contributed by atoms with E-state index in [0.29, 0.717) is 29.7 Å². The predicted octanol–water partition coefficient (Wildman–Crippen LogP) is -0.145. The first-order valence-corrected chi connectivity index (χ1v) is 14.3. The van der Waals surface area contributed by atoms with Gasteiger partial charge in [-0.25, -0.2) is 0 Å². The van der Waals surface area contributed by atoms with Crippen LogP contribution in [0, 0.1) is 0 Å². The zero-order valence-corrected chi connectivity index (χ0v) is 24.8. The van der Waals surface area contributed by atoms with Crippen LogP contribution in [0.1, 0.15) is 48.9 Å². The quantitative estimate of drug-likeness (QED) is 0.158. The third-order valence-electron chi connectivity index (χ3n) is 7.48. The molecule has 44 heavy (non-hydrogen) atoms. The second-order valence-corrected chi connectivity index (χ2v) is 11.3. The maximum absolute atomic E-state index is 13.6. The van der Waals surface area contributed by atoms with Gasteiger partial charge in [-0.3, -0.25) is 14.4 Å². The lowest BCUT2D eigenvalue weighted by Crippen LogP contribution is -2.55. The first-order chi connectivity index (χ1) is 20.7. The highest BCUT2D eigenvalue weighted by Gasteiger charge is 2.34. The van der Waals surface area contributed by atoms with Crippen LogP contribution in [-0.4, -0.2) is 73.0 Å². The van der Waals surface area contributed by atoms with E-state index in [2.05, 4.69) is 10.6 Å². The lowest BCUT2D eigenvalue weighted by Gasteiger charge is -2.30. The van der Waals surface area contributed by atoms with Gasteiger partial charge in [0.15, 0.2) is 0 Å². The van der Waals surface area contributed by atoms with Crippen LogP contribution in [0.2, 0.25) is 0 Å². The second kappa shape index (κ2) is 15.0. The van der Waals surface area contributed by atoms with Gasteiger partial charge in [0.2, 0.25) is 17.7 Å². The molecule has 2 unspecified atom stereocenters. The molecule has 2 atom stereocenters. The Morgan fingerprint density at radius 1 is 1.02 bits per heavy atom. The molecule has 15 heteroatoms. The summed E-state index contributed by atoms with van der Waals surface area (Å²) >= 11 is 0. The number of fused-ring (bicyclic) bond motifs is 1. The molecule has 0 bridgehead atoms. The first-order valence-electron chi connectivity index (χ1n) is 14.3. The van der Waals surface area contributed by atoms with Crippen molar-refractivity contribution in [2.45, 2.75) is 63.5 Å². The van der Waals surface area contributed by atoms with Gasteiger partial charge >= 0.3 is 13.3 Å². The summed E-state index contributed by atoms with van der Waals surface area (Å²) in [6.07, 6.45) is -4.73. The lowest BCUT2D eigenvalue weighted by molar-refractivity contribution is -0.137. The van der Waals surface area contributed by atoms with Crippen molar-refractivity contribution in [2.75, 3.05) is 26.2 Å². The number of amides is 3. The van der Waals surface area contributed by atoms with E-state index in [0.717, 1.165) is 17.7 Å².